The first-order valence-corrected chi connectivity index (χ1v) is 14.0. The molecule has 4 rings (SSSR count). The molecule has 0 saturated carbocycles. The highest BCUT2D eigenvalue weighted by Crippen LogP contribution is 2.30. The molecule has 2 aliphatic rings. The van der Waals surface area contributed by atoms with Gasteiger partial charge < -0.3 is 28.4 Å². The average molecular weight is 537 g/mol. The first-order valence-electron chi connectivity index (χ1n) is 14.0. The SMILES string of the molecule is CCCCOc1ccc(/C=C/CO[C@@H]2CO[C@H]3[C@@H]2OC[C@H]3OC(=O)/C=C/c2ccc(OCCCC)cc2)cc1. The van der Waals surface area contributed by atoms with Crippen LogP contribution in [0.5, 0.6) is 11.5 Å². The van der Waals surface area contributed by atoms with E-state index in [9.17, 15) is 4.79 Å². The van der Waals surface area contributed by atoms with E-state index >= 15 is 0 Å². The van der Waals surface area contributed by atoms with Crippen LogP contribution in [0, 0.1) is 0 Å². The Morgan fingerprint density at radius 3 is 1.92 bits per heavy atom. The normalized spacial score (nSPS) is 22.4. The Balaban J connectivity index is 1.17. The van der Waals surface area contributed by atoms with E-state index in [0.717, 1.165) is 54.9 Å². The van der Waals surface area contributed by atoms with E-state index < -0.39 is 12.1 Å². The van der Waals surface area contributed by atoms with Crippen molar-refractivity contribution in [2.45, 2.75) is 63.9 Å². The molecule has 2 fully saturated rings. The molecular formula is C32H40O7. The minimum atomic E-state index is -0.455. The third-order valence-corrected chi connectivity index (χ3v) is 6.65. The number of fused-ring (bicyclic) bond motifs is 1. The Kier molecular flexibility index (Phi) is 11.4. The smallest absolute Gasteiger partial charge is 0.331 e. The maximum atomic E-state index is 12.4. The van der Waals surface area contributed by atoms with Gasteiger partial charge >= 0.3 is 5.97 Å². The number of carbonyl (C=O) groups excluding carboxylic acids is 1. The quantitative estimate of drug-likeness (QED) is 0.160. The molecule has 2 aliphatic heterocycles. The van der Waals surface area contributed by atoms with E-state index in [-0.39, 0.29) is 18.3 Å². The van der Waals surface area contributed by atoms with E-state index in [4.69, 9.17) is 28.4 Å². The van der Waals surface area contributed by atoms with E-state index in [1.165, 1.54) is 6.08 Å². The molecule has 2 aromatic carbocycles. The zero-order valence-corrected chi connectivity index (χ0v) is 23.0. The number of carbonyl (C=O) groups is 1. The molecule has 0 amide bonds. The standard InChI is InChI=1S/C32H40O7/c1-3-5-19-34-26-14-9-24(10-15-26)8-7-21-36-28-22-37-32-29(23-38-31(28)32)39-30(33)18-13-25-11-16-27(17-12-25)35-20-6-4-2/h7-18,28-29,31-32H,3-6,19-23H2,1-2H3/b8-7+,18-13+/t28-,29-,31-,32-/m1/s1. The highest BCUT2D eigenvalue weighted by Gasteiger charge is 2.49. The molecule has 0 aromatic heterocycles. The fraction of sp³-hybridized carbons (Fsp3) is 0.469. The lowest BCUT2D eigenvalue weighted by Crippen LogP contribution is -2.34. The molecule has 7 heteroatoms. The van der Waals surface area contributed by atoms with Crippen LogP contribution in [-0.4, -0.2) is 63.4 Å². The minimum Gasteiger partial charge on any atom is -0.494 e. The molecule has 0 radical (unpaired) electrons. The number of benzene rings is 2. The molecule has 7 nitrogen and oxygen atoms in total. The van der Waals surface area contributed by atoms with E-state index in [0.29, 0.717) is 26.4 Å². The third-order valence-electron chi connectivity index (χ3n) is 6.65. The first kappa shape index (κ1) is 28.9. The summed E-state index contributed by atoms with van der Waals surface area (Å²) in [5.74, 6) is 1.28. The molecule has 0 bridgehead atoms. The molecule has 2 saturated heterocycles. The van der Waals surface area contributed by atoms with Crippen molar-refractivity contribution in [3.63, 3.8) is 0 Å². The Bertz CT molecular complexity index is 1060. The number of hydrogen-bond donors (Lipinski definition) is 0. The number of hydrogen-bond acceptors (Lipinski definition) is 7. The molecule has 0 spiro atoms. The van der Waals surface area contributed by atoms with Gasteiger partial charge in [0.2, 0.25) is 0 Å². The van der Waals surface area contributed by atoms with Gasteiger partial charge in [-0.05, 0) is 54.3 Å². The van der Waals surface area contributed by atoms with Gasteiger partial charge in [0.15, 0.2) is 6.10 Å². The van der Waals surface area contributed by atoms with Gasteiger partial charge in [-0.2, -0.15) is 0 Å². The lowest BCUT2D eigenvalue weighted by molar-refractivity contribution is -0.147. The zero-order valence-electron chi connectivity index (χ0n) is 23.0. The van der Waals surface area contributed by atoms with Crippen LogP contribution < -0.4 is 9.47 Å². The van der Waals surface area contributed by atoms with Gasteiger partial charge in [0.25, 0.3) is 0 Å². The second-order valence-corrected chi connectivity index (χ2v) is 9.72. The predicted molar refractivity (Wildman–Crippen MR) is 151 cm³/mol. The first-order chi connectivity index (χ1) is 19.2. The van der Waals surface area contributed by atoms with Gasteiger partial charge in [0, 0.05) is 6.08 Å². The Labute approximate surface area is 231 Å². The third kappa shape index (κ3) is 8.95. The summed E-state index contributed by atoms with van der Waals surface area (Å²) in [5, 5.41) is 0. The van der Waals surface area contributed by atoms with Crippen LogP contribution in [0.3, 0.4) is 0 Å². The van der Waals surface area contributed by atoms with Crippen molar-refractivity contribution in [3.8, 4) is 11.5 Å². The Morgan fingerprint density at radius 1 is 0.795 bits per heavy atom. The summed E-state index contributed by atoms with van der Waals surface area (Å²) in [4.78, 5) is 12.4. The molecular weight excluding hydrogens is 496 g/mol. The number of unbranched alkanes of at least 4 members (excludes halogenated alkanes) is 2. The van der Waals surface area contributed by atoms with Crippen molar-refractivity contribution in [2.75, 3.05) is 33.0 Å². The molecule has 2 heterocycles. The van der Waals surface area contributed by atoms with Gasteiger partial charge in [-0.3, -0.25) is 0 Å². The Hall–Kier alpha value is -3.13. The van der Waals surface area contributed by atoms with Crippen molar-refractivity contribution in [1.29, 1.82) is 0 Å². The highest BCUT2D eigenvalue weighted by atomic mass is 16.7. The fourth-order valence-corrected chi connectivity index (χ4v) is 4.41. The summed E-state index contributed by atoms with van der Waals surface area (Å²) in [7, 11) is 0. The lowest BCUT2D eigenvalue weighted by atomic mass is 10.1. The molecule has 210 valence electrons. The van der Waals surface area contributed by atoms with Crippen LogP contribution in [0.2, 0.25) is 0 Å². The van der Waals surface area contributed by atoms with Gasteiger partial charge in [-0.25, -0.2) is 4.79 Å². The van der Waals surface area contributed by atoms with Gasteiger partial charge in [0.05, 0.1) is 33.0 Å². The molecule has 0 N–H and O–H groups in total. The lowest BCUT2D eigenvalue weighted by Gasteiger charge is -2.16. The molecule has 39 heavy (non-hydrogen) atoms. The van der Waals surface area contributed by atoms with Crippen LogP contribution in [0.1, 0.15) is 50.7 Å². The minimum absolute atomic E-state index is 0.203. The molecule has 0 unspecified atom stereocenters. The second kappa shape index (κ2) is 15.5. The Morgan fingerprint density at radius 2 is 1.33 bits per heavy atom. The van der Waals surface area contributed by atoms with Crippen molar-refractivity contribution in [2.24, 2.45) is 0 Å². The van der Waals surface area contributed by atoms with E-state index in [2.05, 4.69) is 13.8 Å². The van der Waals surface area contributed by atoms with Crippen LogP contribution in [0.25, 0.3) is 12.2 Å². The number of rotatable bonds is 15. The van der Waals surface area contributed by atoms with E-state index in [1.54, 1.807) is 6.08 Å². The van der Waals surface area contributed by atoms with Crippen LogP contribution in [-0.2, 0) is 23.7 Å². The second-order valence-electron chi connectivity index (χ2n) is 9.72. The highest BCUT2D eigenvalue weighted by molar-refractivity contribution is 5.87. The van der Waals surface area contributed by atoms with Crippen molar-refractivity contribution < 1.29 is 33.2 Å². The predicted octanol–water partition coefficient (Wildman–Crippen LogP) is 5.87. The van der Waals surface area contributed by atoms with Crippen LogP contribution in [0.4, 0.5) is 0 Å². The monoisotopic (exact) mass is 536 g/mol. The summed E-state index contributed by atoms with van der Waals surface area (Å²) >= 11 is 0. The summed E-state index contributed by atoms with van der Waals surface area (Å²) in [6, 6.07) is 15.6. The van der Waals surface area contributed by atoms with E-state index in [1.807, 2.05) is 60.7 Å². The van der Waals surface area contributed by atoms with Gasteiger partial charge in [-0.1, -0.05) is 63.1 Å². The summed E-state index contributed by atoms with van der Waals surface area (Å²) in [6.07, 6.45) is 10.2. The topological polar surface area (TPSA) is 72.5 Å². The number of esters is 1. The van der Waals surface area contributed by atoms with Crippen LogP contribution >= 0.6 is 0 Å². The summed E-state index contributed by atoms with van der Waals surface area (Å²) < 4.78 is 34.8. The maximum absolute atomic E-state index is 12.4. The largest absolute Gasteiger partial charge is 0.494 e. The van der Waals surface area contributed by atoms with Crippen LogP contribution in [0.15, 0.2) is 60.7 Å². The maximum Gasteiger partial charge on any atom is 0.331 e. The van der Waals surface area contributed by atoms with Crippen molar-refractivity contribution in [3.05, 3.63) is 71.8 Å². The average Bonchev–Trinajstić information content (AvgIpc) is 3.55. The zero-order chi connectivity index (χ0) is 27.3. The molecule has 0 aliphatic carbocycles. The number of ether oxygens (including phenoxy) is 6. The molecule has 4 atom stereocenters. The summed E-state index contributed by atoms with van der Waals surface area (Å²) in [6.45, 7) is 6.86. The summed E-state index contributed by atoms with van der Waals surface area (Å²) in [5.41, 5.74) is 1.97. The van der Waals surface area contributed by atoms with Gasteiger partial charge in [0.1, 0.15) is 29.8 Å². The van der Waals surface area contributed by atoms with Gasteiger partial charge in [-0.15, -0.1) is 0 Å². The molecule has 2 aromatic rings. The van der Waals surface area contributed by atoms with Crippen molar-refractivity contribution >= 4 is 18.1 Å². The van der Waals surface area contributed by atoms with Crippen molar-refractivity contribution in [1.82, 2.24) is 0 Å². The fourth-order valence-electron chi connectivity index (χ4n) is 4.41.